The zero-order valence-electron chi connectivity index (χ0n) is 8.01. The lowest BCUT2D eigenvalue weighted by molar-refractivity contribution is 0.639. The van der Waals surface area contributed by atoms with Gasteiger partial charge in [-0.15, -0.1) is 0 Å². The average molecular weight is 176 g/mol. The zero-order chi connectivity index (χ0) is 9.26. The first-order chi connectivity index (χ1) is 6.29. The van der Waals surface area contributed by atoms with Crippen LogP contribution in [0, 0.1) is 6.92 Å². The van der Waals surface area contributed by atoms with Gasteiger partial charge >= 0.3 is 0 Å². The van der Waals surface area contributed by atoms with Gasteiger partial charge in [0.25, 0.3) is 0 Å². The van der Waals surface area contributed by atoms with E-state index in [2.05, 4.69) is 30.4 Å². The highest BCUT2D eigenvalue weighted by Crippen LogP contribution is 2.25. The van der Waals surface area contributed by atoms with Crippen LogP contribution in [0.25, 0.3) is 0 Å². The van der Waals surface area contributed by atoms with Crippen molar-refractivity contribution in [2.24, 2.45) is 5.73 Å². The summed E-state index contributed by atoms with van der Waals surface area (Å²) in [4.78, 5) is 0. The van der Waals surface area contributed by atoms with Crippen LogP contribution in [0.2, 0.25) is 0 Å². The molecule has 0 spiro atoms. The van der Waals surface area contributed by atoms with Gasteiger partial charge in [-0.2, -0.15) is 0 Å². The van der Waals surface area contributed by atoms with E-state index in [9.17, 15) is 0 Å². The van der Waals surface area contributed by atoms with Crippen LogP contribution in [0.4, 0.5) is 5.69 Å². The summed E-state index contributed by atoms with van der Waals surface area (Å²) >= 11 is 0. The van der Waals surface area contributed by atoms with Crippen LogP contribution in [0.3, 0.4) is 0 Å². The Morgan fingerprint density at radius 2 is 2.38 bits per heavy atom. The minimum Gasteiger partial charge on any atom is -0.381 e. The van der Waals surface area contributed by atoms with Crippen LogP contribution in [0.15, 0.2) is 18.2 Å². The largest absolute Gasteiger partial charge is 0.381 e. The van der Waals surface area contributed by atoms with Crippen LogP contribution < -0.4 is 11.1 Å². The second-order valence-corrected chi connectivity index (χ2v) is 3.78. The quantitative estimate of drug-likeness (QED) is 0.683. The van der Waals surface area contributed by atoms with Gasteiger partial charge < -0.3 is 11.1 Å². The van der Waals surface area contributed by atoms with Gasteiger partial charge in [-0.3, -0.25) is 0 Å². The Balaban J connectivity index is 2.26. The minimum atomic E-state index is 0.468. The van der Waals surface area contributed by atoms with E-state index in [-0.39, 0.29) is 0 Å². The molecular formula is C11H16N2. The predicted octanol–water partition coefficient (Wildman–Crippen LogP) is 1.68. The Morgan fingerprint density at radius 1 is 1.54 bits per heavy atom. The standard InChI is InChI=1S/C11H16N2/c1-8-2-5-11-9(6-8)3-4-10(7-12)13-11/h2,5-6,10,13H,3-4,7,12H2,1H3. The number of hydrogen-bond donors (Lipinski definition) is 2. The van der Waals surface area contributed by atoms with Crippen molar-refractivity contribution >= 4 is 5.69 Å². The van der Waals surface area contributed by atoms with Crippen LogP contribution in [0.5, 0.6) is 0 Å². The predicted molar refractivity (Wildman–Crippen MR) is 56.0 cm³/mol. The number of fused-ring (bicyclic) bond motifs is 1. The molecule has 3 N–H and O–H groups in total. The molecule has 2 rings (SSSR count). The smallest absolute Gasteiger partial charge is 0.0387 e. The second kappa shape index (κ2) is 3.38. The highest BCUT2D eigenvalue weighted by Gasteiger charge is 2.15. The molecule has 0 saturated heterocycles. The molecular weight excluding hydrogens is 160 g/mol. The van der Waals surface area contributed by atoms with E-state index in [1.807, 2.05) is 0 Å². The zero-order valence-corrected chi connectivity index (χ0v) is 8.01. The molecule has 0 amide bonds. The molecule has 1 heterocycles. The monoisotopic (exact) mass is 176 g/mol. The van der Waals surface area contributed by atoms with Crippen molar-refractivity contribution in [2.45, 2.75) is 25.8 Å². The van der Waals surface area contributed by atoms with Gasteiger partial charge in [0.15, 0.2) is 0 Å². The summed E-state index contributed by atoms with van der Waals surface area (Å²) in [6.45, 7) is 2.86. The topological polar surface area (TPSA) is 38.0 Å². The summed E-state index contributed by atoms with van der Waals surface area (Å²) in [5.41, 5.74) is 9.67. The Morgan fingerprint density at radius 3 is 3.15 bits per heavy atom. The number of anilines is 1. The van der Waals surface area contributed by atoms with Crippen molar-refractivity contribution in [1.82, 2.24) is 0 Å². The molecule has 0 aromatic heterocycles. The molecule has 2 heteroatoms. The fourth-order valence-electron chi connectivity index (χ4n) is 1.87. The molecule has 1 aromatic carbocycles. The molecule has 1 aliphatic heterocycles. The molecule has 1 aromatic rings. The van der Waals surface area contributed by atoms with Gasteiger partial charge in [0, 0.05) is 18.3 Å². The molecule has 0 bridgehead atoms. The summed E-state index contributed by atoms with van der Waals surface area (Å²) in [6, 6.07) is 7.03. The van der Waals surface area contributed by atoms with E-state index < -0.39 is 0 Å². The van der Waals surface area contributed by atoms with Crippen LogP contribution in [-0.4, -0.2) is 12.6 Å². The number of benzene rings is 1. The second-order valence-electron chi connectivity index (χ2n) is 3.78. The molecule has 1 aliphatic rings. The maximum absolute atomic E-state index is 5.63. The van der Waals surface area contributed by atoms with Crippen molar-refractivity contribution in [2.75, 3.05) is 11.9 Å². The lowest BCUT2D eigenvalue weighted by Gasteiger charge is -2.26. The highest BCUT2D eigenvalue weighted by atomic mass is 14.9. The van der Waals surface area contributed by atoms with Crippen LogP contribution in [0.1, 0.15) is 17.5 Å². The van der Waals surface area contributed by atoms with E-state index in [4.69, 9.17) is 5.73 Å². The van der Waals surface area contributed by atoms with Crippen LogP contribution >= 0.6 is 0 Å². The maximum atomic E-state index is 5.63. The van der Waals surface area contributed by atoms with E-state index in [1.165, 1.54) is 16.8 Å². The fourth-order valence-corrected chi connectivity index (χ4v) is 1.87. The molecule has 13 heavy (non-hydrogen) atoms. The molecule has 0 saturated carbocycles. The first-order valence-electron chi connectivity index (χ1n) is 4.86. The number of aryl methyl sites for hydroxylation is 2. The van der Waals surface area contributed by atoms with Gasteiger partial charge in [-0.05, 0) is 31.4 Å². The van der Waals surface area contributed by atoms with E-state index in [0.717, 1.165) is 19.4 Å². The Labute approximate surface area is 79.1 Å². The van der Waals surface area contributed by atoms with Crippen molar-refractivity contribution in [3.05, 3.63) is 29.3 Å². The SMILES string of the molecule is Cc1ccc2c(c1)CCC(CN)N2. The Bertz CT molecular complexity index is 307. The van der Waals surface area contributed by atoms with Gasteiger partial charge in [0.1, 0.15) is 0 Å². The fraction of sp³-hybridized carbons (Fsp3) is 0.455. The van der Waals surface area contributed by atoms with E-state index in [0.29, 0.717) is 6.04 Å². The third-order valence-electron chi connectivity index (χ3n) is 2.67. The van der Waals surface area contributed by atoms with Crippen molar-refractivity contribution in [1.29, 1.82) is 0 Å². The third kappa shape index (κ3) is 1.68. The first kappa shape index (κ1) is 8.57. The lowest BCUT2D eigenvalue weighted by atomic mass is 9.97. The molecule has 1 unspecified atom stereocenters. The van der Waals surface area contributed by atoms with Crippen LogP contribution in [-0.2, 0) is 6.42 Å². The Hall–Kier alpha value is -1.02. The number of rotatable bonds is 1. The minimum absolute atomic E-state index is 0.468. The highest BCUT2D eigenvalue weighted by molar-refractivity contribution is 5.55. The number of nitrogens with one attached hydrogen (secondary N) is 1. The van der Waals surface area contributed by atoms with E-state index in [1.54, 1.807) is 0 Å². The third-order valence-corrected chi connectivity index (χ3v) is 2.67. The van der Waals surface area contributed by atoms with Gasteiger partial charge in [-0.25, -0.2) is 0 Å². The van der Waals surface area contributed by atoms with Gasteiger partial charge in [-0.1, -0.05) is 17.7 Å². The summed E-state index contributed by atoms with van der Waals surface area (Å²) < 4.78 is 0. The molecule has 2 nitrogen and oxygen atoms in total. The molecule has 0 aliphatic carbocycles. The summed E-state index contributed by atoms with van der Waals surface area (Å²) in [6.07, 6.45) is 2.32. The van der Waals surface area contributed by atoms with Crippen molar-refractivity contribution < 1.29 is 0 Å². The maximum Gasteiger partial charge on any atom is 0.0387 e. The molecule has 70 valence electrons. The summed E-state index contributed by atoms with van der Waals surface area (Å²) in [7, 11) is 0. The van der Waals surface area contributed by atoms with Gasteiger partial charge in [0.05, 0.1) is 0 Å². The summed E-state index contributed by atoms with van der Waals surface area (Å²) in [5, 5.41) is 3.45. The lowest BCUT2D eigenvalue weighted by Crippen LogP contribution is -2.32. The average Bonchev–Trinajstić information content (AvgIpc) is 2.17. The molecule has 1 atom stereocenters. The molecule has 0 fully saturated rings. The first-order valence-corrected chi connectivity index (χ1v) is 4.86. The number of hydrogen-bond acceptors (Lipinski definition) is 2. The summed E-state index contributed by atoms with van der Waals surface area (Å²) in [5.74, 6) is 0. The van der Waals surface area contributed by atoms with Crippen molar-refractivity contribution in [3.63, 3.8) is 0 Å². The number of nitrogens with two attached hydrogens (primary N) is 1. The van der Waals surface area contributed by atoms with Crippen molar-refractivity contribution in [3.8, 4) is 0 Å². The Kier molecular flexibility index (Phi) is 2.23. The van der Waals surface area contributed by atoms with E-state index >= 15 is 0 Å². The molecule has 0 radical (unpaired) electrons. The normalized spacial score (nSPS) is 20.6. The van der Waals surface area contributed by atoms with Gasteiger partial charge in [0.2, 0.25) is 0 Å².